The number of carbonyl (C=O) groups is 5. The van der Waals surface area contributed by atoms with Crippen LogP contribution in [-0.2, 0) is 24.0 Å². The summed E-state index contributed by atoms with van der Waals surface area (Å²) in [5, 5.41) is 16.7. The maximum atomic E-state index is 12.1. The molecule has 1 atom stereocenters. The molecule has 3 heterocycles. The summed E-state index contributed by atoms with van der Waals surface area (Å²) in [6, 6.07) is 7.64. The fourth-order valence-electron chi connectivity index (χ4n) is 4.36. The van der Waals surface area contributed by atoms with E-state index in [4.69, 9.17) is 9.94 Å². The Hall–Kier alpha value is -4.09. The maximum Gasteiger partial charge on any atom is 0.303 e. The van der Waals surface area contributed by atoms with E-state index >= 15 is 0 Å². The molecule has 12 heteroatoms. The zero-order valence-electron chi connectivity index (χ0n) is 26.9. The predicted octanol–water partition coefficient (Wildman–Crippen LogP) is 3.20. The second kappa shape index (κ2) is 21.6. The third-order valence-electron chi connectivity index (χ3n) is 7.00. The Morgan fingerprint density at radius 3 is 2.16 bits per heavy atom. The minimum atomic E-state index is -0.682. The van der Waals surface area contributed by atoms with Crippen LogP contribution in [-0.4, -0.2) is 83.7 Å². The summed E-state index contributed by atoms with van der Waals surface area (Å²) in [4.78, 5) is 63.5. The quantitative estimate of drug-likeness (QED) is 0.362. The minimum absolute atomic E-state index is 0.154. The van der Waals surface area contributed by atoms with Crippen LogP contribution in [0.15, 0.2) is 30.5 Å². The molecular formula is C32H51N5O7. The average Bonchev–Trinajstić information content (AvgIpc) is 3.37. The summed E-state index contributed by atoms with van der Waals surface area (Å²) in [6.07, 6.45) is 10.2. The number of carboxylic acids is 1. The van der Waals surface area contributed by atoms with E-state index in [1.807, 2.05) is 24.4 Å². The van der Waals surface area contributed by atoms with Crippen LogP contribution in [0.25, 0.3) is 10.9 Å². The van der Waals surface area contributed by atoms with Gasteiger partial charge in [-0.05, 0) is 44.2 Å². The van der Waals surface area contributed by atoms with Crippen molar-refractivity contribution in [1.29, 1.82) is 0 Å². The van der Waals surface area contributed by atoms with E-state index < -0.39 is 23.8 Å². The summed E-state index contributed by atoms with van der Waals surface area (Å²) in [5.41, 5.74) is 2.37. The SMILES string of the molecule is CCCC.CCCCCC(=O)O.COn1cc(C)c2ccccc21.O=C1CNC(=O)CNC(=O)C2CCCCN2C(=O)CN1. The molecular weight excluding hydrogens is 566 g/mol. The molecule has 0 saturated carbocycles. The third-order valence-corrected chi connectivity index (χ3v) is 7.00. The summed E-state index contributed by atoms with van der Waals surface area (Å²) in [5.74, 6) is -2.13. The largest absolute Gasteiger partial charge is 0.481 e. The summed E-state index contributed by atoms with van der Waals surface area (Å²) < 4.78 is 1.78. The Morgan fingerprint density at radius 2 is 1.55 bits per heavy atom. The van der Waals surface area contributed by atoms with Gasteiger partial charge in [-0.1, -0.05) is 64.7 Å². The van der Waals surface area contributed by atoms with Gasteiger partial charge in [-0.25, -0.2) is 0 Å². The molecule has 4 N–H and O–H groups in total. The number of hydrogen-bond acceptors (Lipinski definition) is 6. The van der Waals surface area contributed by atoms with Crippen molar-refractivity contribution in [3.8, 4) is 0 Å². The molecule has 4 amide bonds. The van der Waals surface area contributed by atoms with Crippen molar-refractivity contribution in [3.05, 3.63) is 36.0 Å². The molecule has 1 unspecified atom stereocenters. The van der Waals surface area contributed by atoms with Crippen LogP contribution in [0.3, 0.4) is 0 Å². The first kappa shape index (κ1) is 37.9. The number of aliphatic carboxylic acids is 1. The van der Waals surface area contributed by atoms with Gasteiger partial charge in [-0.2, -0.15) is 4.73 Å². The second-order valence-electron chi connectivity index (χ2n) is 10.6. The van der Waals surface area contributed by atoms with Crippen molar-refractivity contribution in [2.75, 3.05) is 33.3 Å². The van der Waals surface area contributed by atoms with E-state index in [0.717, 1.165) is 37.6 Å². The number of aryl methyl sites for hydroxylation is 1. The van der Waals surface area contributed by atoms with Crippen LogP contribution in [0.5, 0.6) is 0 Å². The molecule has 4 rings (SSSR count). The number of piperidine rings is 1. The Kier molecular flexibility index (Phi) is 18.6. The summed E-state index contributed by atoms with van der Waals surface area (Å²) >= 11 is 0. The number of fused-ring (bicyclic) bond motifs is 2. The van der Waals surface area contributed by atoms with Gasteiger partial charge in [0.2, 0.25) is 23.6 Å². The standard InChI is InChI=1S/C12H18N4O4.C10H11NO.C6H12O2.C4H10/c17-9-5-13-10(18)6-15-12(20)8-3-1-2-4-16(8)11(19)7-14-9;1-8-7-11(12-2)10-6-4-3-5-9(8)10;1-2-3-4-5-6(7)8;1-3-4-2/h8H,1-7H2,(H,13,18)(H,14,17)(H,15,20);3-7H,1-2H3;2-5H2,1H3,(H,7,8);3-4H2,1-2H3. The average molecular weight is 618 g/mol. The predicted molar refractivity (Wildman–Crippen MR) is 170 cm³/mol. The number of benzene rings is 1. The molecule has 1 aromatic carbocycles. The highest BCUT2D eigenvalue weighted by Gasteiger charge is 2.32. The number of carbonyl (C=O) groups excluding carboxylic acids is 4. The van der Waals surface area contributed by atoms with Gasteiger partial charge >= 0.3 is 5.97 Å². The van der Waals surface area contributed by atoms with Gasteiger partial charge in [-0.3, -0.25) is 24.0 Å². The molecule has 0 bridgehead atoms. The monoisotopic (exact) mass is 617 g/mol. The molecule has 44 heavy (non-hydrogen) atoms. The van der Waals surface area contributed by atoms with Gasteiger partial charge < -0.3 is 30.8 Å². The zero-order chi connectivity index (χ0) is 32.9. The number of nitrogens with zero attached hydrogens (tertiary/aromatic N) is 2. The van der Waals surface area contributed by atoms with Gasteiger partial charge in [-0.15, -0.1) is 0 Å². The molecule has 0 radical (unpaired) electrons. The second-order valence-corrected chi connectivity index (χ2v) is 10.6. The fraction of sp³-hybridized carbons (Fsp3) is 0.594. The van der Waals surface area contributed by atoms with Crippen molar-refractivity contribution in [3.63, 3.8) is 0 Å². The molecule has 0 aliphatic carbocycles. The number of aromatic nitrogens is 1. The molecule has 1 aromatic heterocycles. The summed E-state index contributed by atoms with van der Waals surface area (Å²) in [6.45, 7) is 8.45. The van der Waals surface area contributed by atoms with Crippen molar-refractivity contribution in [2.24, 2.45) is 0 Å². The molecule has 2 saturated heterocycles. The van der Waals surface area contributed by atoms with E-state index in [1.54, 1.807) is 11.8 Å². The molecule has 2 fully saturated rings. The van der Waals surface area contributed by atoms with Crippen LogP contribution in [0, 0.1) is 6.92 Å². The molecule has 0 spiro atoms. The van der Waals surface area contributed by atoms with Gasteiger partial charge in [0.05, 0.1) is 25.2 Å². The van der Waals surface area contributed by atoms with Gasteiger partial charge in [0, 0.05) is 24.5 Å². The van der Waals surface area contributed by atoms with E-state index in [1.165, 1.54) is 28.7 Å². The first-order valence-corrected chi connectivity index (χ1v) is 15.5. The van der Waals surface area contributed by atoms with Crippen LogP contribution < -0.4 is 20.8 Å². The van der Waals surface area contributed by atoms with Crippen molar-refractivity contribution in [2.45, 2.75) is 91.5 Å². The zero-order valence-corrected chi connectivity index (χ0v) is 26.9. The smallest absolute Gasteiger partial charge is 0.303 e. The lowest BCUT2D eigenvalue weighted by Gasteiger charge is -2.35. The van der Waals surface area contributed by atoms with Gasteiger partial charge in [0.15, 0.2) is 0 Å². The van der Waals surface area contributed by atoms with Crippen LogP contribution in [0.4, 0.5) is 0 Å². The highest BCUT2D eigenvalue weighted by atomic mass is 16.6. The lowest BCUT2D eigenvalue weighted by atomic mass is 10.0. The lowest BCUT2D eigenvalue weighted by molar-refractivity contribution is -0.143. The topological polar surface area (TPSA) is 159 Å². The Morgan fingerprint density at radius 1 is 0.909 bits per heavy atom. The fourth-order valence-corrected chi connectivity index (χ4v) is 4.36. The van der Waals surface area contributed by atoms with Crippen LogP contribution >= 0.6 is 0 Å². The van der Waals surface area contributed by atoms with Crippen LogP contribution in [0.2, 0.25) is 0 Å². The normalized spacial score (nSPS) is 16.8. The third kappa shape index (κ3) is 13.9. The first-order chi connectivity index (χ1) is 21.1. The number of nitrogens with one attached hydrogen (secondary N) is 3. The van der Waals surface area contributed by atoms with Crippen molar-refractivity contribution >= 4 is 40.5 Å². The molecule has 2 aromatic rings. The van der Waals surface area contributed by atoms with Gasteiger partial charge in [0.25, 0.3) is 0 Å². The number of amides is 4. The van der Waals surface area contributed by atoms with E-state index in [2.05, 4.69) is 49.7 Å². The number of rotatable bonds is 6. The van der Waals surface area contributed by atoms with Crippen LogP contribution in [0.1, 0.15) is 84.1 Å². The maximum absolute atomic E-state index is 12.1. The van der Waals surface area contributed by atoms with Gasteiger partial charge in [0.1, 0.15) is 13.2 Å². The lowest BCUT2D eigenvalue weighted by Crippen LogP contribution is -2.56. The van der Waals surface area contributed by atoms with E-state index in [9.17, 15) is 24.0 Å². The molecule has 12 nitrogen and oxygen atoms in total. The Balaban J connectivity index is 0.000000341. The number of unbranched alkanes of at least 4 members (excludes halogenated alkanes) is 3. The van der Waals surface area contributed by atoms with Crippen molar-refractivity contribution < 1.29 is 33.9 Å². The van der Waals surface area contributed by atoms with E-state index in [-0.39, 0.29) is 31.4 Å². The first-order valence-electron chi connectivity index (χ1n) is 15.5. The minimum Gasteiger partial charge on any atom is -0.481 e. The Bertz CT molecular complexity index is 1150. The summed E-state index contributed by atoms with van der Waals surface area (Å²) in [7, 11) is 1.67. The van der Waals surface area contributed by atoms with E-state index in [0.29, 0.717) is 19.4 Å². The molecule has 2 aliphatic heterocycles. The molecule has 2 aliphatic rings. The number of hydrogen-bond donors (Lipinski definition) is 4. The highest BCUT2D eigenvalue weighted by Crippen LogP contribution is 2.19. The van der Waals surface area contributed by atoms with Crippen molar-refractivity contribution in [1.82, 2.24) is 25.6 Å². The Labute approximate surface area is 260 Å². The number of para-hydroxylation sites is 1. The highest BCUT2D eigenvalue weighted by molar-refractivity contribution is 5.94. The number of carboxylic acid groups (broad SMARTS) is 1. The molecule has 246 valence electrons.